The first-order chi connectivity index (χ1) is 7.54. The quantitative estimate of drug-likeness (QED) is 0.794. The molecule has 1 aromatic rings. The predicted octanol–water partition coefficient (Wildman–Crippen LogP) is 3.80. The summed E-state index contributed by atoms with van der Waals surface area (Å²) in [5.41, 5.74) is 2.86. The van der Waals surface area contributed by atoms with Gasteiger partial charge < -0.3 is 5.32 Å². The number of hydrogen-bond donors (Lipinski definition) is 1. The predicted molar refractivity (Wildman–Crippen MR) is 71.6 cm³/mol. The smallest absolute Gasteiger partial charge is 0.0340 e. The van der Waals surface area contributed by atoms with E-state index in [1.54, 1.807) is 0 Å². The van der Waals surface area contributed by atoms with E-state index in [-0.39, 0.29) is 0 Å². The molecule has 90 valence electrons. The molecule has 0 bridgehead atoms. The van der Waals surface area contributed by atoms with Crippen LogP contribution < -0.4 is 5.32 Å². The second-order valence-electron chi connectivity index (χ2n) is 5.35. The fourth-order valence-corrected chi connectivity index (χ4v) is 2.27. The van der Waals surface area contributed by atoms with Crippen LogP contribution in [0.25, 0.3) is 0 Å². The summed E-state index contributed by atoms with van der Waals surface area (Å²) in [6.45, 7) is 9.06. The summed E-state index contributed by atoms with van der Waals surface area (Å²) in [5, 5.41) is 3.40. The van der Waals surface area contributed by atoms with Crippen molar-refractivity contribution in [3.05, 3.63) is 35.4 Å². The van der Waals surface area contributed by atoms with E-state index < -0.39 is 0 Å². The van der Waals surface area contributed by atoms with Crippen LogP contribution in [0.1, 0.15) is 44.9 Å². The van der Waals surface area contributed by atoms with Gasteiger partial charge in [0, 0.05) is 6.04 Å². The van der Waals surface area contributed by atoms with E-state index in [4.69, 9.17) is 0 Å². The topological polar surface area (TPSA) is 12.0 Å². The molecule has 0 heterocycles. The summed E-state index contributed by atoms with van der Waals surface area (Å²) in [6, 6.07) is 9.45. The van der Waals surface area contributed by atoms with Crippen LogP contribution in [0.4, 0.5) is 0 Å². The Morgan fingerprint density at radius 3 is 2.31 bits per heavy atom. The van der Waals surface area contributed by atoms with Crippen LogP contribution in [-0.4, -0.2) is 7.05 Å². The lowest BCUT2D eigenvalue weighted by atomic mass is 9.93. The minimum Gasteiger partial charge on any atom is -0.313 e. The summed E-state index contributed by atoms with van der Waals surface area (Å²) >= 11 is 0. The fraction of sp³-hybridized carbons (Fsp3) is 0.600. The van der Waals surface area contributed by atoms with Crippen molar-refractivity contribution >= 4 is 0 Å². The van der Waals surface area contributed by atoms with Gasteiger partial charge in [-0.15, -0.1) is 0 Å². The van der Waals surface area contributed by atoms with Crippen LogP contribution in [0.3, 0.4) is 0 Å². The molecule has 1 aromatic carbocycles. The minimum atomic E-state index is 0.465. The zero-order valence-electron chi connectivity index (χ0n) is 11.2. The highest BCUT2D eigenvalue weighted by atomic mass is 14.9. The van der Waals surface area contributed by atoms with Crippen molar-refractivity contribution in [2.75, 3.05) is 7.05 Å². The Hall–Kier alpha value is -0.820. The van der Waals surface area contributed by atoms with E-state index in [1.165, 1.54) is 17.5 Å². The maximum Gasteiger partial charge on any atom is 0.0340 e. The van der Waals surface area contributed by atoms with Crippen molar-refractivity contribution in [3.8, 4) is 0 Å². The lowest BCUT2D eigenvalue weighted by molar-refractivity contribution is 0.442. The molecule has 16 heavy (non-hydrogen) atoms. The molecule has 0 aliphatic carbocycles. The van der Waals surface area contributed by atoms with Crippen LogP contribution in [0.15, 0.2) is 24.3 Å². The first-order valence-electron chi connectivity index (χ1n) is 6.30. The second-order valence-corrected chi connectivity index (χ2v) is 5.35. The van der Waals surface area contributed by atoms with Crippen molar-refractivity contribution in [2.45, 2.75) is 40.2 Å². The van der Waals surface area contributed by atoms with Crippen LogP contribution in [-0.2, 0) is 6.42 Å². The monoisotopic (exact) mass is 219 g/mol. The first kappa shape index (κ1) is 13.2. The molecule has 0 fully saturated rings. The Balaban J connectivity index is 2.88. The van der Waals surface area contributed by atoms with E-state index in [0.717, 1.165) is 5.92 Å². The third-order valence-corrected chi connectivity index (χ3v) is 2.93. The summed E-state index contributed by atoms with van der Waals surface area (Å²) in [5.74, 6) is 1.35. The molecule has 1 N–H and O–H groups in total. The van der Waals surface area contributed by atoms with Gasteiger partial charge in [0.1, 0.15) is 0 Å². The Bertz CT molecular complexity index is 315. The zero-order chi connectivity index (χ0) is 12.1. The second kappa shape index (κ2) is 6.05. The normalized spacial score (nSPS) is 13.4. The van der Waals surface area contributed by atoms with Crippen molar-refractivity contribution in [1.29, 1.82) is 0 Å². The molecular weight excluding hydrogens is 194 g/mol. The van der Waals surface area contributed by atoms with Gasteiger partial charge in [-0.1, -0.05) is 52.0 Å². The highest BCUT2D eigenvalue weighted by Crippen LogP contribution is 2.22. The van der Waals surface area contributed by atoms with Gasteiger partial charge in [-0.05, 0) is 36.4 Å². The number of nitrogens with one attached hydrogen (secondary N) is 1. The maximum atomic E-state index is 3.40. The van der Waals surface area contributed by atoms with Crippen molar-refractivity contribution in [2.24, 2.45) is 11.8 Å². The third-order valence-electron chi connectivity index (χ3n) is 2.93. The average molecular weight is 219 g/mol. The molecule has 1 atom stereocenters. The Kier molecular flexibility index (Phi) is 5.01. The summed E-state index contributed by atoms with van der Waals surface area (Å²) < 4.78 is 0. The van der Waals surface area contributed by atoms with E-state index in [9.17, 15) is 0 Å². The molecule has 0 saturated heterocycles. The van der Waals surface area contributed by atoms with E-state index in [1.807, 2.05) is 7.05 Å². The van der Waals surface area contributed by atoms with Gasteiger partial charge in [0.15, 0.2) is 0 Å². The van der Waals surface area contributed by atoms with Crippen LogP contribution in [0.2, 0.25) is 0 Å². The molecule has 1 heteroatoms. The molecule has 0 radical (unpaired) electrons. The average Bonchev–Trinajstić information content (AvgIpc) is 2.17. The number of benzene rings is 1. The molecule has 0 aliphatic heterocycles. The van der Waals surface area contributed by atoms with Crippen molar-refractivity contribution < 1.29 is 0 Å². The van der Waals surface area contributed by atoms with E-state index >= 15 is 0 Å². The Morgan fingerprint density at radius 2 is 1.81 bits per heavy atom. The molecule has 0 aliphatic rings. The Morgan fingerprint density at radius 1 is 1.12 bits per heavy atom. The Labute approximate surface area is 100 Å². The largest absolute Gasteiger partial charge is 0.313 e. The molecule has 1 rings (SSSR count). The van der Waals surface area contributed by atoms with Gasteiger partial charge >= 0.3 is 0 Å². The third kappa shape index (κ3) is 3.64. The number of hydrogen-bond acceptors (Lipinski definition) is 1. The molecular formula is C15H25N. The van der Waals surface area contributed by atoms with Gasteiger partial charge in [-0.2, -0.15) is 0 Å². The van der Waals surface area contributed by atoms with Gasteiger partial charge in [-0.25, -0.2) is 0 Å². The van der Waals surface area contributed by atoms with Crippen LogP contribution in [0, 0.1) is 11.8 Å². The molecule has 0 spiro atoms. The first-order valence-corrected chi connectivity index (χ1v) is 6.30. The highest BCUT2D eigenvalue weighted by Gasteiger charge is 2.13. The van der Waals surface area contributed by atoms with Crippen LogP contribution >= 0.6 is 0 Å². The summed E-state index contributed by atoms with van der Waals surface area (Å²) in [7, 11) is 2.04. The fourth-order valence-electron chi connectivity index (χ4n) is 2.27. The molecule has 0 amide bonds. The minimum absolute atomic E-state index is 0.465. The van der Waals surface area contributed by atoms with Crippen molar-refractivity contribution in [3.63, 3.8) is 0 Å². The van der Waals surface area contributed by atoms with Gasteiger partial charge in [-0.3, -0.25) is 0 Å². The molecule has 0 aromatic heterocycles. The maximum absolute atomic E-state index is 3.40. The van der Waals surface area contributed by atoms with E-state index in [2.05, 4.69) is 57.3 Å². The lowest BCUT2D eigenvalue weighted by Gasteiger charge is -2.21. The van der Waals surface area contributed by atoms with Gasteiger partial charge in [0.05, 0.1) is 0 Å². The standard InChI is InChI=1S/C15H25N/c1-11(2)9-13-7-6-8-14(10-13)15(16-5)12(3)4/h6-8,10-12,15-16H,9H2,1-5H3. The van der Waals surface area contributed by atoms with Gasteiger partial charge in [0.2, 0.25) is 0 Å². The molecule has 0 saturated carbocycles. The lowest BCUT2D eigenvalue weighted by Crippen LogP contribution is -2.21. The van der Waals surface area contributed by atoms with Gasteiger partial charge in [0.25, 0.3) is 0 Å². The molecule has 1 nitrogen and oxygen atoms in total. The van der Waals surface area contributed by atoms with Crippen molar-refractivity contribution in [1.82, 2.24) is 5.32 Å². The SMILES string of the molecule is CNC(c1cccc(CC(C)C)c1)C(C)C. The highest BCUT2D eigenvalue weighted by molar-refractivity contribution is 5.26. The van der Waals surface area contributed by atoms with E-state index in [0.29, 0.717) is 12.0 Å². The zero-order valence-corrected chi connectivity index (χ0v) is 11.2. The summed E-state index contributed by atoms with van der Waals surface area (Å²) in [4.78, 5) is 0. The molecule has 1 unspecified atom stereocenters. The number of rotatable bonds is 5. The van der Waals surface area contributed by atoms with Crippen LogP contribution in [0.5, 0.6) is 0 Å². The summed E-state index contributed by atoms with van der Waals surface area (Å²) in [6.07, 6.45) is 1.17.